The molecule has 590 valence electrons. The fourth-order valence-corrected chi connectivity index (χ4v) is 28.4. The Morgan fingerprint density at radius 2 is 0.699 bits per heavy atom. The lowest BCUT2D eigenvalue weighted by Gasteiger charge is -2.61. The second kappa shape index (κ2) is 28.8. The van der Waals surface area contributed by atoms with Gasteiger partial charge in [-0.1, -0.05) is 267 Å². The average Bonchev–Trinajstić information content (AvgIpc) is 1.53. The van der Waals surface area contributed by atoms with Gasteiger partial charge in [0.25, 0.3) is 0 Å². The Hall–Kier alpha value is -13.0. The Balaban J connectivity index is 0.000000135. The number of fused-ring (bicyclic) bond motifs is 12. The highest BCUT2D eigenvalue weighted by Crippen LogP contribution is 2.73. The van der Waals surface area contributed by atoms with Crippen molar-refractivity contribution < 1.29 is 4.39 Å². The van der Waals surface area contributed by atoms with Gasteiger partial charge in [0.15, 0.2) is 0 Å². The van der Waals surface area contributed by atoms with Gasteiger partial charge in [-0.3, -0.25) is 0 Å². The molecule has 0 unspecified atom stereocenters. The predicted octanol–water partition coefficient (Wildman–Crippen LogP) is 32.5. The van der Waals surface area contributed by atoms with E-state index < -0.39 is 0 Å². The molecule has 2 aromatic heterocycles. The molecule has 16 aromatic carbocycles. The van der Waals surface area contributed by atoms with Crippen LogP contribution in [0.2, 0.25) is 0 Å². The van der Waals surface area contributed by atoms with E-state index in [1.54, 1.807) is 6.07 Å². The van der Waals surface area contributed by atoms with Gasteiger partial charge in [-0.05, 0) is 314 Å². The molecule has 2 spiro atoms. The molecule has 0 N–H and O–H groups in total. The maximum Gasteiger partial charge on any atom is 0.131 e. The first-order valence-electron chi connectivity index (χ1n) is 44.5. The van der Waals surface area contributed by atoms with Crippen molar-refractivity contribution in [3.8, 4) is 95.1 Å². The first kappa shape index (κ1) is 72.8. The average molecular weight is 1620 g/mol. The fourth-order valence-electron chi connectivity index (χ4n) is 25.9. The molecule has 18 aromatic rings. The lowest BCUT2D eigenvalue weighted by Crippen LogP contribution is -2.55. The molecule has 0 saturated heterocycles. The lowest BCUT2D eigenvalue weighted by molar-refractivity contribution is -0.0400. The van der Waals surface area contributed by atoms with Crippen molar-refractivity contribution in [2.75, 3.05) is 9.80 Å². The number of halogens is 1. The highest BCUT2D eigenvalue weighted by Gasteiger charge is 2.64. The van der Waals surface area contributed by atoms with E-state index in [0.29, 0.717) is 23.7 Å². The van der Waals surface area contributed by atoms with Crippen LogP contribution in [-0.4, -0.2) is 0 Å². The van der Waals surface area contributed by atoms with Crippen molar-refractivity contribution in [3.63, 3.8) is 0 Å². The zero-order chi connectivity index (χ0) is 81.2. The van der Waals surface area contributed by atoms with Gasteiger partial charge in [0.05, 0.1) is 17.3 Å². The molecule has 3 nitrogen and oxygen atoms in total. The summed E-state index contributed by atoms with van der Waals surface area (Å²) in [5, 5.41) is 16.2. The number of benzene rings is 16. The van der Waals surface area contributed by atoms with Gasteiger partial charge in [0.1, 0.15) is 5.82 Å². The van der Waals surface area contributed by atoms with Crippen LogP contribution in [0.3, 0.4) is 0 Å². The number of nitrogens with zero attached hydrogens (tertiary/aromatic N) is 3. The van der Waals surface area contributed by atoms with Gasteiger partial charge >= 0.3 is 0 Å². The van der Waals surface area contributed by atoms with Crippen LogP contribution in [-0.2, 0) is 10.8 Å². The summed E-state index contributed by atoms with van der Waals surface area (Å²) in [6, 6.07) is 135. The van der Waals surface area contributed by atoms with Crippen LogP contribution in [0.1, 0.15) is 92.0 Å². The number of nitriles is 1. The summed E-state index contributed by atoms with van der Waals surface area (Å²) in [7, 11) is 0. The second-order valence-corrected chi connectivity index (χ2v) is 38.7. The molecule has 123 heavy (non-hydrogen) atoms. The molecule has 0 radical (unpaired) electrons. The smallest absolute Gasteiger partial charge is 0.131 e. The van der Waals surface area contributed by atoms with Crippen LogP contribution in [0.5, 0.6) is 0 Å². The van der Waals surface area contributed by atoms with Crippen molar-refractivity contribution in [3.05, 3.63) is 398 Å². The van der Waals surface area contributed by atoms with Crippen LogP contribution in [0.15, 0.2) is 364 Å². The Morgan fingerprint density at radius 3 is 1.21 bits per heavy atom. The first-order chi connectivity index (χ1) is 60.7. The summed E-state index contributed by atoms with van der Waals surface area (Å²) in [6.45, 7) is 0. The summed E-state index contributed by atoms with van der Waals surface area (Å²) in [5.74, 6) is 5.71. The molecular weight excluding hydrogens is 1530 g/mol. The summed E-state index contributed by atoms with van der Waals surface area (Å²) < 4.78 is 21.4. The van der Waals surface area contributed by atoms with E-state index in [-0.39, 0.29) is 16.6 Å². The quantitative estimate of drug-likeness (QED) is 0.122. The van der Waals surface area contributed by atoms with Gasteiger partial charge in [-0.2, -0.15) is 5.26 Å². The Bertz CT molecular complexity index is 7040. The predicted molar refractivity (Wildman–Crippen MR) is 512 cm³/mol. The summed E-state index contributed by atoms with van der Waals surface area (Å²) in [5.41, 5.74) is 32.0. The minimum absolute atomic E-state index is 0.0382. The molecule has 28 rings (SSSR count). The zero-order valence-electron chi connectivity index (χ0n) is 68.4. The monoisotopic (exact) mass is 1620 g/mol. The van der Waals surface area contributed by atoms with E-state index >= 15 is 4.39 Å². The molecule has 6 heteroatoms. The molecule has 10 aliphatic carbocycles. The van der Waals surface area contributed by atoms with Gasteiger partial charge in [-0.25, -0.2) is 4.39 Å². The topological polar surface area (TPSA) is 30.3 Å². The molecule has 0 atom stereocenters. The standard InChI is InChI=1S/C59H44N2S.C58H44FNS/c60-36-44-34-43(35-52-50-15-7-8-18-53(50)59(57(44)52)45-30-37-29-38(32-45)33-46(59)31-37)49-16-9-17-51-56-54(19-10-20-55(56)62-58(49)51)61(47-25-21-41(22-26-47)39-11-3-1-4-12-39)48-27-23-42(24-28-48)40-13-5-2-6-14-40;59-53-28-27-48(57-56(53)51-13-7-8-14-52(51)58(57)43-30-36-29-37(32-43)33-44(58)31-36)42-19-25-49-50-26-24-47(35-55(50)61-54(49)34-42)60(45-20-15-40(16-21-45)38-9-3-1-4-10-38)46-22-17-41(18-23-46)39-11-5-2-6-12-39/h1-28,34-35,37-38,45-46H,29-33H2;1-28,34-37,43-44H,29-33H2. The SMILES string of the molecule is Fc1ccc(-c2ccc3c(c2)sc2cc(N(c4ccc(-c5ccccc5)cc4)c4ccc(-c5ccccc5)cc4)ccc23)c2c1-c1ccccc1C21C2CC3CC(C2)CC1C3.N#Cc1cc(-c2cccc3c2sc2cccc(N(c4ccc(-c5ccccc5)cc4)c4ccc(-c5ccccc5)cc4)c23)cc2c1C1(c3ccccc3-2)C2CC3CC(C2)CC1C3. The minimum atomic E-state index is -0.108. The minimum Gasteiger partial charge on any atom is -0.310 e. The van der Waals surface area contributed by atoms with Crippen molar-refractivity contribution in [1.82, 2.24) is 0 Å². The summed E-state index contributed by atoms with van der Waals surface area (Å²) in [4.78, 5) is 4.80. The second-order valence-electron chi connectivity index (χ2n) is 36.6. The molecule has 2 heterocycles. The van der Waals surface area contributed by atoms with Gasteiger partial charge in [0, 0.05) is 85.2 Å². The molecule has 0 aliphatic heterocycles. The van der Waals surface area contributed by atoms with Gasteiger partial charge in [0.2, 0.25) is 0 Å². The molecule has 8 bridgehead atoms. The van der Waals surface area contributed by atoms with Crippen molar-refractivity contribution in [1.29, 1.82) is 5.26 Å². The molecule has 0 amide bonds. The number of anilines is 6. The summed E-state index contributed by atoms with van der Waals surface area (Å²) in [6.07, 6.45) is 13.2. The number of hydrogen-bond donors (Lipinski definition) is 0. The van der Waals surface area contributed by atoms with E-state index in [9.17, 15) is 5.26 Å². The highest BCUT2D eigenvalue weighted by molar-refractivity contribution is 7.26. The van der Waals surface area contributed by atoms with Gasteiger partial charge < -0.3 is 9.80 Å². The van der Waals surface area contributed by atoms with Crippen LogP contribution < -0.4 is 9.80 Å². The van der Waals surface area contributed by atoms with Crippen LogP contribution in [0, 0.1) is 64.5 Å². The number of rotatable bonds is 12. The van der Waals surface area contributed by atoms with Crippen LogP contribution in [0.4, 0.5) is 38.5 Å². The molecule has 8 saturated carbocycles. The van der Waals surface area contributed by atoms with E-state index in [0.717, 1.165) is 80.0 Å². The number of hydrogen-bond acceptors (Lipinski definition) is 5. The van der Waals surface area contributed by atoms with Crippen LogP contribution >= 0.6 is 22.7 Å². The van der Waals surface area contributed by atoms with E-state index in [1.165, 1.54) is 199 Å². The Morgan fingerprint density at radius 1 is 0.285 bits per heavy atom. The third-order valence-electron chi connectivity index (χ3n) is 30.4. The normalized spacial score (nSPS) is 21.8. The van der Waals surface area contributed by atoms with Crippen molar-refractivity contribution in [2.45, 2.75) is 75.0 Å². The van der Waals surface area contributed by atoms with E-state index in [4.69, 9.17) is 0 Å². The van der Waals surface area contributed by atoms with Crippen molar-refractivity contribution >= 4 is 97.1 Å². The third kappa shape index (κ3) is 11.5. The maximum absolute atomic E-state index is 16.4. The molecule has 8 fully saturated rings. The first-order valence-corrected chi connectivity index (χ1v) is 46.1. The van der Waals surface area contributed by atoms with E-state index in [1.807, 2.05) is 22.7 Å². The highest BCUT2D eigenvalue weighted by atomic mass is 32.1. The van der Waals surface area contributed by atoms with E-state index in [2.05, 4.69) is 374 Å². The fraction of sp³-hybridized carbons (Fsp3) is 0.171. The Kier molecular flexibility index (Phi) is 17.0. The lowest BCUT2D eigenvalue weighted by atomic mass is 9.42. The maximum atomic E-state index is 16.4. The van der Waals surface area contributed by atoms with Gasteiger partial charge in [-0.15, -0.1) is 22.7 Å². The Labute approximate surface area is 726 Å². The van der Waals surface area contributed by atoms with Crippen LogP contribution in [0.25, 0.3) is 129 Å². The largest absolute Gasteiger partial charge is 0.310 e. The molecular formula is C117H88FN3S2. The zero-order valence-corrected chi connectivity index (χ0v) is 70.0. The molecule has 10 aliphatic rings. The summed E-state index contributed by atoms with van der Waals surface area (Å²) >= 11 is 3.73. The third-order valence-corrected chi connectivity index (χ3v) is 32.7. The van der Waals surface area contributed by atoms with Crippen molar-refractivity contribution in [2.24, 2.45) is 47.3 Å². The number of thiophene rings is 2.